The highest BCUT2D eigenvalue weighted by Crippen LogP contribution is 2.48. The van der Waals surface area contributed by atoms with Gasteiger partial charge in [-0.2, -0.15) is 0 Å². The normalized spacial score (nSPS) is 28.0. The number of rotatable bonds is 4. The van der Waals surface area contributed by atoms with E-state index in [4.69, 9.17) is 16.3 Å². The van der Waals surface area contributed by atoms with Gasteiger partial charge in [0.2, 0.25) is 0 Å². The van der Waals surface area contributed by atoms with E-state index in [0.717, 1.165) is 34.2 Å². The van der Waals surface area contributed by atoms with Gasteiger partial charge in [0, 0.05) is 16.6 Å². The van der Waals surface area contributed by atoms with Crippen LogP contribution in [0.2, 0.25) is 5.02 Å². The molecule has 1 heterocycles. The SMILES string of the molecule is COc1ccc(-c2ccccc2Cl)cc1C1CCN([C@@H]2C[C@H]3CCC2C3)CC1. The zero-order valence-corrected chi connectivity index (χ0v) is 17.5. The summed E-state index contributed by atoms with van der Waals surface area (Å²) < 4.78 is 5.74. The molecule has 0 spiro atoms. The maximum atomic E-state index is 6.46. The number of ether oxygens (including phenoxy) is 1. The average molecular weight is 396 g/mol. The van der Waals surface area contributed by atoms with Crippen molar-refractivity contribution >= 4 is 11.6 Å². The van der Waals surface area contributed by atoms with E-state index in [2.05, 4.69) is 35.2 Å². The lowest BCUT2D eigenvalue weighted by Gasteiger charge is -2.40. The molecule has 2 aliphatic carbocycles. The summed E-state index contributed by atoms with van der Waals surface area (Å²) in [6.07, 6.45) is 8.39. The van der Waals surface area contributed by atoms with E-state index in [-0.39, 0.29) is 0 Å². The first-order valence-corrected chi connectivity index (χ1v) is 11.3. The van der Waals surface area contributed by atoms with Gasteiger partial charge in [0.05, 0.1) is 7.11 Å². The predicted molar refractivity (Wildman–Crippen MR) is 116 cm³/mol. The van der Waals surface area contributed by atoms with E-state index >= 15 is 0 Å². The predicted octanol–water partition coefficient (Wildman–Crippen LogP) is 6.38. The topological polar surface area (TPSA) is 12.5 Å². The van der Waals surface area contributed by atoms with Crippen LogP contribution in [0.15, 0.2) is 42.5 Å². The molecule has 3 aliphatic rings. The van der Waals surface area contributed by atoms with Gasteiger partial charge in [-0.05, 0) is 92.3 Å². The zero-order chi connectivity index (χ0) is 19.1. The average Bonchev–Trinajstić information content (AvgIpc) is 3.38. The largest absolute Gasteiger partial charge is 0.496 e. The molecule has 2 bridgehead atoms. The number of nitrogens with zero attached hydrogens (tertiary/aromatic N) is 1. The summed E-state index contributed by atoms with van der Waals surface area (Å²) in [6.45, 7) is 2.47. The second kappa shape index (κ2) is 7.72. The number of hydrogen-bond acceptors (Lipinski definition) is 2. The van der Waals surface area contributed by atoms with Crippen LogP contribution in [-0.4, -0.2) is 31.1 Å². The van der Waals surface area contributed by atoms with E-state index in [1.165, 1.54) is 62.7 Å². The fourth-order valence-corrected chi connectivity index (χ4v) is 6.36. The number of hydrogen-bond donors (Lipinski definition) is 0. The molecule has 148 valence electrons. The summed E-state index contributed by atoms with van der Waals surface area (Å²) in [6, 6.07) is 15.6. The molecule has 0 aromatic heterocycles. The van der Waals surface area contributed by atoms with Crippen molar-refractivity contribution in [1.82, 2.24) is 4.90 Å². The Labute approximate surface area is 173 Å². The standard InChI is InChI=1S/C25H30ClNO/c1-28-25-9-8-19(21-4-2-3-5-23(21)26)16-22(25)18-10-12-27(13-11-18)24-15-17-6-7-20(24)14-17/h2-5,8-9,16-18,20,24H,6-7,10-15H2,1H3/t17-,20?,24+/m0/s1. The summed E-state index contributed by atoms with van der Waals surface area (Å²) >= 11 is 6.46. The molecule has 3 heteroatoms. The van der Waals surface area contributed by atoms with Gasteiger partial charge in [0.15, 0.2) is 0 Å². The molecule has 0 amide bonds. The molecule has 2 nitrogen and oxygen atoms in total. The molecule has 1 aliphatic heterocycles. The number of likely N-dealkylation sites (tertiary alicyclic amines) is 1. The van der Waals surface area contributed by atoms with Gasteiger partial charge < -0.3 is 9.64 Å². The summed E-state index contributed by atoms with van der Waals surface area (Å²) in [5.41, 5.74) is 3.65. The highest BCUT2D eigenvalue weighted by atomic mass is 35.5. The van der Waals surface area contributed by atoms with Gasteiger partial charge in [-0.15, -0.1) is 0 Å². The first-order chi connectivity index (χ1) is 13.7. The van der Waals surface area contributed by atoms with Gasteiger partial charge in [-0.25, -0.2) is 0 Å². The molecule has 3 fully saturated rings. The minimum Gasteiger partial charge on any atom is -0.496 e. The van der Waals surface area contributed by atoms with Gasteiger partial charge in [-0.1, -0.05) is 42.3 Å². The zero-order valence-electron chi connectivity index (χ0n) is 16.7. The first kappa shape index (κ1) is 18.5. The molecule has 28 heavy (non-hydrogen) atoms. The molecule has 3 atom stereocenters. The van der Waals surface area contributed by atoms with Crippen molar-refractivity contribution in [2.75, 3.05) is 20.2 Å². The van der Waals surface area contributed by atoms with E-state index in [1.807, 2.05) is 12.1 Å². The van der Waals surface area contributed by atoms with Crippen LogP contribution in [0.25, 0.3) is 11.1 Å². The summed E-state index contributed by atoms with van der Waals surface area (Å²) in [5, 5.41) is 0.810. The van der Waals surface area contributed by atoms with Gasteiger partial charge in [0.1, 0.15) is 5.75 Å². The number of piperidine rings is 1. The van der Waals surface area contributed by atoms with Crippen molar-refractivity contribution in [3.63, 3.8) is 0 Å². The lowest BCUT2D eigenvalue weighted by Crippen LogP contribution is -2.43. The third-order valence-corrected chi connectivity index (χ3v) is 7.88. The Bertz CT molecular complexity index is 842. The van der Waals surface area contributed by atoms with Gasteiger partial charge in [-0.3, -0.25) is 0 Å². The van der Waals surface area contributed by atoms with Crippen LogP contribution in [0.1, 0.15) is 50.0 Å². The Morgan fingerprint density at radius 2 is 1.79 bits per heavy atom. The Balaban J connectivity index is 1.34. The molecule has 2 aromatic carbocycles. The second-order valence-corrected chi connectivity index (χ2v) is 9.40. The highest BCUT2D eigenvalue weighted by molar-refractivity contribution is 6.33. The molecule has 0 radical (unpaired) electrons. The monoisotopic (exact) mass is 395 g/mol. The fraction of sp³-hybridized carbons (Fsp3) is 0.520. The maximum absolute atomic E-state index is 6.46. The third kappa shape index (κ3) is 3.35. The van der Waals surface area contributed by atoms with Gasteiger partial charge >= 0.3 is 0 Å². The van der Waals surface area contributed by atoms with E-state index in [0.29, 0.717) is 5.92 Å². The number of fused-ring (bicyclic) bond motifs is 2. The minimum absolute atomic E-state index is 0.576. The highest BCUT2D eigenvalue weighted by Gasteiger charge is 2.43. The Hall–Kier alpha value is -1.51. The minimum atomic E-state index is 0.576. The number of halogens is 1. The Kier molecular flexibility index (Phi) is 5.11. The van der Waals surface area contributed by atoms with Crippen LogP contribution in [0, 0.1) is 11.8 Å². The lowest BCUT2D eigenvalue weighted by atomic mass is 9.85. The fourth-order valence-electron chi connectivity index (χ4n) is 6.12. The second-order valence-electron chi connectivity index (χ2n) is 8.99. The third-order valence-electron chi connectivity index (χ3n) is 7.55. The first-order valence-electron chi connectivity index (χ1n) is 10.9. The molecule has 2 aromatic rings. The smallest absolute Gasteiger partial charge is 0.122 e. The maximum Gasteiger partial charge on any atom is 0.122 e. The Morgan fingerprint density at radius 3 is 2.46 bits per heavy atom. The van der Waals surface area contributed by atoms with E-state index < -0.39 is 0 Å². The van der Waals surface area contributed by atoms with Crippen LogP contribution in [-0.2, 0) is 0 Å². The molecule has 0 N–H and O–H groups in total. The quantitative estimate of drug-likeness (QED) is 0.595. The van der Waals surface area contributed by atoms with E-state index in [9.17, 15) is 0 Å². The van der Waals surface area contributed by atoms with Crippen LogP contribution in [0.4, 0.5) is 0 Å². The van der Waals surface area contributed by atoms with Crippen molar-refractivity contribution in [3.8, 4) is 16.9 Å². The summed E-state index contributed by atoms with van der Waals surface area (Å²) in [5.74, 6) is 3.61. The summed E-state index contributed by atoms with van der Waals surface area (Å²) in [7, 11) is 1.79. The molecular weight excluding hydrogens is 366 g/mol. The number of benzene rings is 2. The van der Waals surface area contributed by atoms with Crippen molar-refractivity contribution in [2.24, 2.45) is 11.8 Å². The molecular formula is C25H30ClNO. The van der Waals surface area contributed by atoms with E-state index in [1.54, 1.807) is 7.11 Å². The van der Waals surface area contributed by atoms with Crippen LogP contribution >= 0.6 is 11.6 Å². The molecule has 1 saturated heterocycles. The molecule has 5 rings (SSSR count). The van der Waals surface area contributed by atoms with Crippen molar-refractivity contribution in [3.05, 3.63) is 53.1 Å². The van der Waals surface area contributed by atoms with Crippen LogP contribution in [0.3, 0.4) is 0 Å². The molecule has 1 unspecified atom stereocenters. The van der Waals surface area contributed by atoms with Crippen molar-refractivity contribution < 1.29 is 4.74 Å². The lowest BCUT2D eigenvalue weighted by molar-refractivity contribution is 0.110. The van der Waals surface area contributed by atoms with Crippen molar-refractivity contribution in [1.29, 1.82) is 0 Å². The van der Waals surface area contributed by atoms with Crippen molar-refractivity contribution in [2.45, 2.75) is 50.5 Å². The number of methoxy groups -OCH3 is 1. The van der Waals surface area contributed by atoms with Crippen LogP contribution < -0.4 is 4.74 Å². The van der Waals surface area contributed by atoms with Crippen LogP contribution in [0.5, 0.6) is 5.75 Å². The summed E-state index contributed by atoms with van der Waals surface area (Å²) in [4.78, 5) is 2.81. The Morgan fingerprint density at radius 1 is 0.964 bits per heavy atom. The van der Waals surface area contributed by atoms with Gasteiger partial charge in [0.25, 0.3) is 0 Å². The molecule has 2 saturated carbocycles.